The highest BCUT2D eigenvalue weighted by molar-refractivity contribution is 5.91. The fraction of sp³-hybridized carbons (Fsp3) is 0.762. The van der Waals surface area contributed by atoms with Crippen molar-refractivity contribution in [2.45, 2.75) is 91.4 Å². The van der Waals surface area contributed by atoms with E-state index in [9.17, 15) is 14.4 Å². The van der Waals surface area contributed by atoms with Crippen LogP contribution in [0, 0.1) is 11.8 Å². The van der Waals surface area contributed by atoms with Gasteiger partial charge in [-0.15, -0.1) is 0 Å². The van der Waals surface area contributed by atoms with E-state index in [1.807, 2.05) is 6.92 Å². The van der Waals surface area contributed by atoms with Gasteiger partial charge in [-0.2, -0.15) is 0 Å². The van der Waals surface area contributed by atoms with Gasteiger partial charge in [0.2, 0.25) is 0 Å². The molecule has 0 aromatic carbocycles. The molecular weight excluding hydrogens is 300 g/mol. The normalized spacial score (nSPS) is 27.3. The lowest BCUT2D eigenvalue weighted by atomic mass is 9.90. The summed E-state index contributed by atoms with van der Waals surface area (Å²) >= 11 is 0. The fourth-order valence-electron chi connectivity index (χ4n) is 3.44. The van der Waals surface area contributed by atoms with Gasteiger partial charge in [0.15, 0.2) is 5.78 Å². The van der Waals surface area contributed by atoms with E-state index in [1.165, 1.54) is 18.4 Å². The smallest absolute Gasteiger partial charge is 0.155 e. The zero-order chi connectivity index (χ0) is 17.9. The number of hydrogen-bond donors (Lipinski definition) is 0. The van der Waals surface area contributed by atoms with E-state index in [4.69, 9.17) is 0 Å². The van der Waals surface area contributed by atoms with Crippen molar-refractivity contribution in [2.24, 2.45) is 11.8 Å². The van der Waals surface area contributed by atoms with E-state index in [0.29, 0.717) is 29.2 Å². The Morgan fingerprint density at radius 3 is 1.50 bits per heavy atom. The molecule has 0 heterocycles. The molecule has 0 spiro atoms. The second kappa shape index (κ2) is 11.3. The first kappa shape index (κ1) is 20.8. The van der Waals surface area contributed by atoms with Crippen LogP contribution in [0.5, 0.6) is 0 Å². The first-order valence-corrected chi connectivity index (χ1v) is 9.60. The van der Waals surface area contributed by atoms with Gasteiger partial charge in [0.05, 0.1) is 0 Å². The summed E-state index contributed by atoms with van der Waals surface area (Å²) in [6, 6.07) is 0. The molecule has 0 unspecified atom stereocenters. The van der Waals surface area contributed by atoms with Crippen molar-refractivity contribution < 1.29 is 14.4 Å². The zero-order valence-electron chi connectivity index (χ0n) is 15.7. The van der Waals surface area contributed by atoms with E-state index in [0.717, 1.165) is 57.8 Å². The molecule has 0 aliphatic heterocycles. The van der Waals surface area contributed by atoms with Crippen LogP contribution in [0.2, 0.25) is 0 Å². The van der Waals surface area contributed by atoms with Crippen molar-refractivity contribution in [3.05, 3.63) is 11.6 Å². The number of Topliss-reactive ketones (excluding diaryl/α,β-unsaturated/α-hetero) is 2. The van der Waals surface area contributed by atoms with Crippen LogP contribution in [0.25, 0.3) is 0 Å². The monoisotopic (exact) mass is 334 g/mol. The van der Waals surface area contributed by atoms with Gasteiger partial charge in [0.25, 0.3) is 0 Å². The van der Waals surface area contributed by atoms with Gasteiger partial charge >= 0.3 is 0 Å². The topological polar surface area (TPSA) is 51.2 Å². The summed E-state index contributed by atoms with van der Waals surface area (Å²) in [6.07, 6.45) is 12.8. The zero-order valence-corrected chi connectivity index (χ0v) is 15.7. The van der Waals surface area contributed by atoms with Gasteiger partial charge in [0.1, 0.15) is 11.6 Å². The highest BCUT2D eigenvalue weighted by Crippen LogP contribution is 2.20. The summed E-state index contributed by atoms with van der Waals surface area (Å²) in [4.78, 5) is 31.9. The molecule has 3 aliphatic carbocycles. The third-order valence-electron chi connectivity index (χ3n) is 4.86. The highest BCUT2D eigenvalue weighted by Gasteiger charge is 2.14. The minimum Gasteiger partial charge on any atom is -0.300 e. The Kier molecular flexibility index (Phi) is 9.82. The predicted molar refractivity (Wildman–Crippen MR) is 97.9 cm³/mol. The molecule has 0 aromatic rings. The SMILES string of the molecule is CC1=CC(=O)CCC1.C[C@@H]1CCCC(=O)C1.C[C@H]1CCCC(=O)C1. The summed E-state index contributed by atoms with van der Waals surface area (Å²) in [6.45, 7) is 6.31. The Bertz CT molecular complexity index is 436. The molecule has 0 amide bonds. The molecule has 0 N–H and O–H groups in total. The van der Waals surface area contributed by atoms with Crippen LogP contribution in [0.3, 0.4) is 0 Å². The van der Waals surface area contributed by atoms with Crippen molar-refractivity contribution >= 4 is 17.3 Å². The van der Waals surface area contributed by atoms with E-state index >= 15 is 0 Å². The van der Waals surface area contributed by atoms with Crippen molar-refractivity contribution in [1.29, 1.82) is 0 Å². The Morgan fingerprint density at radius 1 is 0.750 bits per heavy atom. The maximum absolute atomic E-state index is 10.7. The first-order chi connectivity index (χ1) is 11.4. The molecule has 3 heteroatoms. The lowest BCUT2D eigenvalue weighted by Crippen LogP contribution is -2.11. The van der Waals surface area contributed by atoms with Gasteiger partial charge < -0.3 is 0 Å². The minimum atomic E-state index is 0.300. The van der Waals surface area contributed by atoms with Crippen LogP contribution in [-0.4, -0.2) is 17.3 Å². The average molecular weight is 335 g/mol. The van der Waals surface area contributed by atoms with Crippen molar-refractivity contribution in [3.63, 3.8) is 0 Å². The van der Waals surface area contributed by atoms with Crippen LogP contribution >= 0.6 is 0 Å². The molecule has 2 fully saturated rings. The summed E-state index contributed by atoms with van der Waals surface area (Å²) in [7, 11) is 0. The molecule has 0 radical (unpaired) electrons. The maximum atomic E-state index is 10.7. The van der Waals surface area contributed by atoms with E-state index in [2.05, 4.69) is 13.8 Å². The summed E-state index contributed by atoms with van der Waals surface area (Å²) in [5, 5.41) is 0. The Hall–Kier alpha value is -1.25. The van der Waals surface area contributed by atoms with Crippen LogP contribution in [0.1, 0.15) is 91.4 Å². The Morgan fingerprint density at radius 2 is 1.25 bits per heavy atom. The third-order valence-corrected chi connectivity index (χ3v) is 4.86. The average Bonchev–Trinajstić information content (AvgIpc) is 2.47. The number of carbonyl (C=O) groups is 3. The Balaban J connectivity index is 0.000000180. The highest BCUT2D eigenvalue weighted by atomic mass is 16.1. The molecule has 24 heavy (non-hydrogen) atoms. The molecule has 0 bridgehead atoms. The number of allylic oxidation sites excluding steroid dienone is 2. The summed E-state index contributed by atoms with van der Waals surface area (Å²) < 4.78 is 0. The summed E-state index contributed by atoms with van der Waals surface area (Å²) in [5.74, 6) is 2.55. The summed E-state index contributed by atoms with van der Waals surface area (Å²) in [5.41, 5.74) is 1.24. The number of hydrogen-bond acceptors (Lipinski definition) is 3. The lowest BCUT2D eigenvalue weighted by Gasteiger charge is -2.14. The second-order valence-electron chi connectivity index (χ2n) is 7.79. The van der Waals surface area contributed by atoms with Crippen molar-refractivity contribution in [1.82, 2.24) is 0 Å². The Labute approximate surface area is 147 Å². The quantitative estimate of drug-likeness (QED) is 0.610. The van der Waals surface area contributed by atoms with Crippen LogP contribution in [-0.2, 0) is 14.4 Å². The van der Waals surface area contributed by atoms with Crippen LogP contribution in [0.15, 0.2) is 11.6 Å². The van der Waals surface area contributed by atoms with Gasteiger partial charge in [-0.1, -0.05) is 19.4 Å². The minimum absolute atomic E-state index is 0.300. The molecule has 2 saturated carbocycles. The van der Waals surface area contributed by atoms with E-state index < -0.39 is 0 Å². The molecule has 3 nitrogen and oxygen atoms in total. The van der Waals surface area contributed by atoms with Gasteiger partial charge in [0, 0.05) is 32.1 Å². The molecule has 2 atom stereocenters. The van der Waals surface area contributed by atoms with E-state index in [-0.39, 0.29) is 0 Å². The predicted octanol–water partition coefficient (Wildman–Crippen LogP) is 5.22. The molecule has 136 valence electrons. The second-order valence-corrected chi connectivity index (χ2v) is 7.79. The fourth-order valence-corrected chi connectivity index (χ4v) is 3.44. The van der Waals surface area contributed by atoms with Gasteiger partial charge in [-0.3, -0.25) is 14.4 Å². The van der Waals surface area contributed by atoms with Gasteiger partial charge in [-0.05, 0) is 63.4 Å². The molecular formula is C21H34O3. The van der Waals surface area contributed by atoms with Crippen LogP contribution < -0.4 is 0 Å². The molecule has 0 saturated heterocycles. The van der Waals surface area contributed by atoms with Gasteiger partial charge in [-0.25, -0.2) is 0 Å². The lowest BCUT2D eigenvalue weighted by molar-refractivity contribution is -0.122. The third kappa shape index (κ3) is 9.79. The molecule has 0 aromatic heterocycles. The molecule has 3 aliphatic rings. The number of carbonyl (C=O) groups excluding carboxylic acids is 3. The first-order valence-electron chi connectivity index (χ1n) is 9.60. The number of ketones is 3. The standard InChI is InChI=1S/2C7H12O.C7H10O/c3*1-6-3-2-4-7(8)5-6/h2*6H,2-5H2,1H3;5H,2-4H2,1H3/t2*6-;/m10./s1. The molecule has 3 rings (SSSR count). The largest absolute Gasteiger partial charge is 0.300 e. The number of rotatable bonds is 0. The van der Waals surface area contributed by atoms with Crippen molar-refractivity contribution in [2.75, 3.05) is 0 Å². The maximum Gasteiger partial charge on any atom is 0.155 e. The van der Waals surface area contributed by atoms with Crippen molar-refractivity contribution in [3.8, 4) is 0 Å². The van der Waals surface area contributed by atoms with E-state index in [1.54, 1.807) is 6.08 Å². The van der Waals surface area contributed by atoms with Crippen LogP contribution in [0.4, 0.5) is 0 Å².